The lowest BCUT2D eigenvalue weighted by molar-refractivity contribution is -0.145. The second-order valence-electron chi connectivity index (χ2n) is 6.43. The van der Waals surface area contributed by atoms with E-state index in [4.69, 9.17) is 11.6 Å². The normalized spacial score (nSPS) is 16.4. The summed E-state index contributed by atoms with van der Waals surface area (Å²) >= 11 is 5.90. The number of halogens is 1. The number of amides is 1. The molecule has 1 amide bonds. The lowest BCUT2D eigenvalue weighted by atomic mass is 9.81. The van der Waals surface area contributed by atoms with Crippen molar-refractivity contribution in [2.75, 3.05) is 0 Å². The number of benzene rings is 1. The van der Waals surface area contributed by atoms with Crippen molar-refractivity contribution in [3.05, 3.63) is 46.7 Å². The van der Waals surface area contributed by atoms with Crippen LogP contribution < -0.4 is 5.32 Å². The van der Waals surface area contributed by atoms with E-state index in [1.807, 2.05) is 12.1 Å². The molecule has 6 nitrogen and oxygen atoms in total. The van der Waals surface area contributed by atoms with Gasteiger partial charge in [-0.15, -0.1) is 0 Å². The second kappa shape index (κ2) is 6.88. The largest absolute Gasteiger partial charge is 0.480 e. The fourth-order valence-corrected chi connectivity index (χ4v) is 3.43. The van der Waals surface area contributed by atoms with E-state index in [2.05, 4.69) is 10.4 Å². The third-order valence-corrected chi connectivity index (χ3v) is 5.05. The highest BCUT2D eigenvalue weighted by molar-refractivity contribution is 6.30. The molecule has 0 aliphatic heterocycles. The zero-order valence-electron chi connectivity index (χ0n) is 14.0. The summed E-state index contributed by atoms with van der Waals surface area (Å²) in [5.74, 6) is -1.37. The summed E-state index contributed by atoms with van der Waals surface area (Å²) in [7, 11) is 0. The number of aromatic nitrogens is 2. The van der Waals surface area contributed by atoms with Gasteiger partial charge in [0.05, 0.1) is 23.1 Å². The molecule has 25 heavy (non-hydrogen) atoms. The highest BCUT2D eigenvalue weighted by atomic mass is 35.5. The van der Waals surface area contributed by atoms with E-state index in [1.165, 1.54) is 6.20 Å². The minimum absolute atomic E-state index is 0.376. The summed E-state index contributed by atoms with van der Waals surface area (Å²) in [5, 5.41) is 17.2. The Morgan fingerprint density at radius 1 is 1.20 bits per heavy atom. The van der Waals surface area contributed by atoms with Gasteiger partial charge in [0.2, 0.25) is 0 Å². The first-order chi connectivity index (χ1) is 11.9. The van der Waals surface area contributed by atoms with Gasteiger partial charge in [-0.2, -0.15) is 5.10 Å². The summed E-state index contributed by atoms with van der Waals surface area (Å²) in [6.45, 7) is 1.78. The van der Waals surface area contributed by atoms with Crippen LogP contribution >= 0.6 is 11.6 Å². The minimum atomic E-state index is -1.18. The van der Waals surface area contributed by atoms with Gasteiger partial charge in [0.15, 0.2) is 0 Å². The number of rotatable bonds is 4. The molecule has 0 atom stereocenters. The molecule has 132 valence electrons. The Labute approximate surface area is 150 Å². The Hall–Kier alpha value is -2.34. The molecule has 0 bridgehead atoms. The molecule has 2 N–H and O–H groups in total. The molecule has 1 aliphatic carbocycles. The van der Waals surface area contributed by atoms with Gasteiger partial charge in [-0.25, -0.2) is 9.48 Å². The van der Waals surface area contributed by atoms with E-state index >= 15 is 0 Å². The number of nitrogens with one attached hydrogen (secondary N) is 1. The lowest BCUT2D eigenvalue weighted by Gasteiger charge is -2.33. The number of hydrogen-bond acceptors (Lipinski definition) is 3. The van der Waals surface area contributed by atoms with Crippen LogP contribution in [0.5, 0.6) is 0 Å². The van der Waals surface area contributed by atoms with Crippen molar-refractivity contribution < 1.29 is 14.7 Å². The van der Waals surface area contributed by atoms with Crippen molar-refractivity contribution in [1.29, 1.82) is 0 Å². The quantitative estimate of drug-likeness (QED) is 0.874. The van der Waals surface area contributed by atoms with Crippen LogP contribution in [0.25, 0.3) is 5.69 Å². The molecule has 0 radical (unpaired) electrons. The third kappa shape index (κ3) is 3.39. The number of aliphatic carboxylic acids is 1. The van der Waals surface area contributed by atoms with Crippen LogP contribution in [0.15, 0.2) is 30.5 Å². The van der Waals surface area contributed by atoms with Crippen LogP contribution in [-0.4, -0.2) is 32.3 Å². The van der Waals surface area contributed by atoms with Crippen molar-refractivity contribution in [2.24, 2.45) is 0 Å². The van der Waals surface area contributed by atoms with Crippen molar-refractivity contribution in [2.45, 2.75) is 44.6 Å². The average molecular weight is 362 g/mol. The summed E-state index contributed by atoms with van der Waals surface area (Å²) in [4.78, 5) is 24.4. The maximum absolute atomic E-state index is 12.7. The van der Waals surface area contributed by atoms with Gasteiger partial charge in [0.1, 0.15) is 5.54 Å². The Morgan fingerprint density at radius 2 is 1.84 bits per heavy atom. The molecule has 3 rings (SSSR count). The third-order valence-electron chi connectivity index (χ3n) is 4.79. The predicted molar refractivity (Wildman–Crippen MR) is 94.2 cm³/mol. The molecule has 1 saturated carbocycles. The molecule has 0 saturated heterocycles. The first kappa shape index (κ1) is 17.5. The summed E-state index contributed by atoms with van der Waals surface area (Å²) in [5.41, 5.74) is 0.633. The smallest absolute Gasteiger partial charge is 0.329 e. The number of carbonyl (C=O) groups is 2. The molecular weight excluding hydrogens is 342 g/mol. The summed E-state index contributed by atoms with van der Waals surface area (Å²) < 4.78 is 1.64. The standard InChI is InChI=1S/C18H20ClN3O3/c1-12-15(11-20-22(12)14-7-5-13(19)6-8-14)16(23)21-18(17(24)25)9-3-2-4-10-18/h5-8,11H,2-4,9-10H2,1H3,(H,21,23)(H,24,25). The Kier molecular flexibility index (Phi) is 4.81. The Bertz CT molecular complexity index is 792. The molecule has 0 unspecified atom stereocenters. The van der Waals surface area contributed by atoms with Gasteiger partial charge < -0.3 is 10.4 Å². The molecule has 1 heterocycles. The van der Waals surface area contributed by atoms with Crippen molar-refractivity contribution in [3.63, 3.8) is 0 Å². The maximum atomic E-state index is 12.7. The van der Waals surface area contributed by atoms with E-state index < -0.39 is 17.4 Å². The zero-order chi connectivity index (χ0) is 18.0. The number of carboxylic acid groups (broad SMARTS) is 1. The average Bonchev–Trinajstić information content (AvgIpc) is 2.98. The molecule has 1 aromatic heterocycles. The summed E-state index contributed by atoms with van der Waals surface area (Å²) in [6.07, 6.45) is 4.98. The van der Waals surface area contributed by atoms with E-state index in [9.17, 15) is 14.7 Å². The fraction of sp³-hybridized carbons (Fsp3) is 0.389. The van der Waals surface area contributed by atoms with Crippen LogP contribution in [-0.2, 0) is 4.79 Å². The molecular formula is C18H20ClN3O3. The van der Waals surface area contributed by atoms with E-state index in [1.54, 1.807) is 23.7 Å². The molecule has 1 aliphatic rings. The van der Waals surface area contributed by atoms with Gasteiger partial charge >= 0.3 is 5.97 Å². The number of carbonyl (C=O) groups excluding carboxylic acids is 1. The second-order valence-corrected chi connectivity index (χ2v) is 6.87. The molecule has 1 aromatic carbocycles. The summed E-state index contributed by atoms with van der Waals surface area (Å²) in [6, 6.07) is 7.12. The monoisotopic (exact) mass is 361 g/mol. The minimum Gasteiger partial charge on any atom is -0.480 e. The van der Waals surface area contributed by atoms with Crippen LogP contribution in [0.2, 0.25) is 5.02 Å². The van der Waals surface area contributed by atoms with Crippen LogP contribution in [0.4, 0.5) is 0 Å². The predicted octanol–water partition coefficient (Wildman–Crippen LogP) is 3.35. The van der Waals surface area contributed by atoms with E-state index in [0.717, 1.165) is 24.9 Å². The van der Waals surface area contributed by atoms with Crippen LogP contribution in [0, 0.1) is 6.92 Å². The van der Waals surface area contributed by atoms with Gasteiger partial charge in [-0.1, -0.05) is 30.9 Å². The number of carboxylic acids is 1. The molecule has 7 heteroatoms. The van der Waals surface area contributed by atoms with Crippen molar-refractivity contribution in [1.82, 2.24) is 15.1 Å². The zero-order valence-corrected chi connectivity index (χ0v) is 14.7. The molecule has 2 aromatic rings. The van der Waals surface area contributed by atoms with Gasteiger partial charge in [0, 0.05) is 5.02 Å². The van der Waals surface area contributed by atoms with E-state index in [0.29, 0.717) is 29.1 Å². The SMILES string of the molecule is Cc1c(C(=O)NC2(C(=O)O)CCCCC2)cnn1-c1ccc(Cl)cc1. The van der Waals surface area contributed by atoms with Gasteiger partial charge in [0.25, 0.3) is 5.91 Å². The maximum Gasteiger partial charge on any atom is 0.329 e. The lowest BCUT2D eigenvalue weighted by Crippen LogP contribution is -2.55. The van der Waals surface area contributed by atoms with Crippen molar-refractivity contribution in [3.8, 4) is 5.69 Å². The highest BCUT2D eigenvalue weighted by Crippen LogP contribution is 2.29. The highest BCUT2D eigenvalue weighted by Gasteiger charge is 2.41. The number of hydrogen-bond donors (Lipinski definition) is 2. The molecule has 0 spiro atoms. The van der Waals surface area contributed by atoms with Gasteiger partial charge in [-0.05, 0) is 44.0 Å². The van der Waals surface area contributed by atoms with Gasteiger partial charge in [-0.3, -0.25) is 4.79 Å². The Balaban J connectivity index is 1.85. The van der Waals surface area contributed by atoms with Crippen LogP contribution in [0.1, 0.15) is 48.2 Å². The fourth-order valence-electron chi connectivity index (χ4n) is 3.31. The Morgan fingerprint density at radius 3 is 2.44 bits per heavy atom. The van der Waals surface area contributed by atoms with Crippen LogP contribution in [0.3, 0.4) is 0 Å². The number of nitrogens with zero attached hydrogens (tertiary/aromatic N) is 2. The first-order valence-corrected chi connectivity index (χ1v) is 8.67. The first-order valence-electron chi connectivity index (χ1n) is 8.29. The van der Waals surface area contributed by atoms with E-state index in [-0.39, 0.29) is 0 Å². The van der Waals surface area contributed by atoms with Crippen molar-refractivity contribution >= 4 is 23.5 Å². The topological polar surface area (TPSA) is 84.2 Å². The molecule has 1 fully saturated rings.